The molecule has 0 aliphatic carbocycles. The fraction of sp³-hybridized carbons (Fsp3) is 0.0769. The first-order chi connectivity index (χ1) is 7.93. The molecule has 2 heterocycles. The molecule has 1 aromatic carbocycles. The average Bonchev–Trinajstić information content (AvgIpc) is 2.96. The normalized spacial score (nSPS) is 10.8. The number of nitrogens with zero attached hydrogens (tertiary/aromatic N) is 1. The van der Waals surface area contributed by atoms with Crippen molar-refractivity contribution in [3.05, 3.63) is 58.9 Å². The van der Waals surface area contributed by atoms with E-state index in [4.69, 9.17) is 4.84 Å². The Labute approximate surface area is 97.7 Å². The molecule has 3 heteroatoms. The molecule has 0 saturated carbocycles. The van der Waals surface area contributed by atoms with E-state index in [0.29, 0.717) is 6.61 Å². The molecule has 79 valence electrons. The molecule has 0 unspecified atom stereocenters. The van der Waals surface area contributed by atoms with Gasteiger partial charge in [0, 0.05) is 10.3 Å². The molecule has 3 rings (SSSR count). The maximum Gasteiger partial charge on any atom is 0.149 e. The van der Waals surface area contributed by atoms with Gasteiger partial charge in [0.2, 0.25) is 0 Å². The van der Waals surface area contributed by atoms with Gasteiger partial charge in [-0.05, 0) is 23.6 Å². The van der Waals surface area contributed by atoms with Crippen LogP contribution in [0.25, 0.3) is 10.9 Å². The molecule has 1 radical (unpaired) electrons. The Morgan fingerprint density at radius 3 is 3.00 bits per heavy atom. The molecule has 0 fully saturated rings. The van der Waals surface area contributed by atoms with Gasteiger partial charge in [0.25, 0.3) is 0 Å². The average molecular weight is 228 g/mol. The van der Waals surface area contributed by atoms with Gasteiger partial charge in [-0.3, -0.25) is 0 Å². The lowest BCUT2D eigenvalue weighted by Gasteiger charge is -2.05. The van der Waals surface area contributed by atoms with E-state index >= 15 is 0 Å². The molecule has 0 spiro atoms. The predicted octanol–water partition coefficient (Wildman–Crippen LogP) is 3.13. The summed E-state index contributed by atoms with van der Waals surface area (Å²) in [6.45, 7) is 0.590. The van der Waals surface area contributed by atoms with Crippen molar-refractivity contribution >= 4 is 22.2 Å². The molecule has 3 aromatic rings. The van der Waals surface area contributed by atoms with Crippen LogP contribution in [0, 0.1) is 6.20 Å². The molecule has 0 amide bonds. The van der Waals surface area contributed by atoms with Crippen molar-refractivity contribution in [3.63, 3.8) is 0 Å². The Morgan fingerprint density at radius 2 is 2.12 bits per heavy atom. The van der Waals surface area contributed by atoms with Gasteiger partial charge < -0.3 is 4.84 Å². The number of hydrogen-bond acceptors (Lipinski definition) is 2. The smallest absolute Gasteiger partial charge is 0.149 e. The Morgan fingerprint density at radius 1 is 1.19 bits per heavy atom. The molecule has 0 N–H and O–H groups in total. The van der Waals surface area contributed by atoms with E-state index in [9.17, 15) is 0 Å². The Hall–Kier alpha value is -1.74. The minimum Gasteiger partial charge on any atom is -0.408 e. The molecule has 2 nitrogen and oxygen atoms in total. The lowest BCUT2D eigenvalue weighted by molar-refractivity contribution is 0.108. The summed E-state index contributed by atoms with van der Waals surface area (Å²) in [6, 6.07) is 14.1. The highest BCUT2D eigenvalue weighted by Gasteiger charge is 2.01. The lowest BCUT2D eigenvalue weighted by Crippen LogP contribution is -2.08. The first kappa shape index (κ1) is 9.48. The third-order valence-electron chi connectivity index (χ3n) is 2.41. The Bertz CT molecular complexity index is 583. The zero-order valence-corrected chi connectivity index (χ0v) is 9.41. The molecular formula is C13H10NOS. The SMILES string of the molecule is [c]1cc2ccccc2n1OCc1cccs1. The van der Waals surface area contributed by atoms with Gasteiger partial charge in [0.15, 0.2) is 0 Å². The van der Waals surface area contributed by atoms with Crippen LogP contribution in [0.2, 0.25) is 0 Å². The molecular weight excluding hydrogens is 218 g/mol. The zero-order valence-electron chi connectivity index (χ0n) is 8.59. The molecule has 2 aromatic heterocycles. The number of para-hydroxylation sites is 1. The Balaban J connectivity index is 1.84. The number of thiophene rings is 1. The van der Waals surface area contributed by atoms with Gasteiger partial charge >= 0.3 is 0 Å². The van der Waals surface area contributed by atoms with Crippen LogP contribution >= 0.6 is 11.3 Å². The summed E-state index contributed by atoms with van der Waals surface area (Å²) >= 11 is 1.70. The lowest BCUT2D eigenvalue weighted by atomic mass is 10.3. The van der Waals surface area contributed by atoms with E-state index in [1.165, 1.54) is 4.88 Å². The highest BCUT2D eigenvalue weighted by atomic mass is 32.1. The van der Waals surface area contributed by atoms with Gasteiger partial charge in [0.05, 0.1) is 5.52 Å². The van der Waals surface area contributed by atoms with E-state index in [1.807, 2.05) is 30.3 Å². The first-order valence-electron chi connectivity index (χ1n) is 5.07. The summed E-state index contributed by atoms with van der Waals surface area (Å²) in [5.41, 5.74) is 1.05. The number of aromatic nitrogens is 1. The number of rotatable bonds is 3. The van der Waals surface area contributed by atoms with Gasteiger partial charge in [-0.1, -0.05) is 24.3 Å². The standard InChI is InChI=1S/C13H10NOS/c1-2-6-13-11(4-1)7-8-14(13)15-10-12-5-3-9-16-12/h1-7,9H,10H2. The summed E-state index contributed by atoms with van der Waals surface area (Å²) in [5.74, 6) is 0. The number of benzene rings is 1. The summed E-state index contributed by atoms with van der Waals surface area (Å²) in [6.07, 6.45) is 3.08. The maximum absolute atomic E-state index is 5.68. The van der Waals surface area contributed by atoms with Crippen LogP contribution in [0.15, 0.2) is 47.8 Å². The summed E-state index contributed by atoms with van der Waals surface area (Å²) in [4.78, 5) is 6.89. The zero-order chi connectivity index (χ0) is 10.8. The van der Waals surface area contributed by atoms with Crippen LogP contribution in [0.4, 0.5) is 0 Å². The quantitative estimate of drug-likeness (QED) is 0.671. The predicted molar refractivity (Wildman–Crippen MR) is 65.4 cm³/mol. The minimum absolute atomic E-state index is 0.590. The summed E-state index contributed by atoms with van der Waals surface area (Å²) < 4.78 is 1.70. The van der Waals surface area contributed by atoms with Crippen molar-refractivity contribution in [1.29, 1.82) is 0 Å². The highest BCUT2D eigenvalue weighted by molar-refractivity contribution is 7.09. The third-order valence-corrected chi connectivity index (χ3v) is 3.26. The maximum atomic E-state index is 5.68. The van der Waals surface area contributed by atoms with Crippen molar-refractivity contribution in [1.82, 2.24) is 4.73 Å². The van der Waals surface area contributed by atoms with E-state index in [2.05, 4.69) is 23.7 Å². The fourth-order valence-corrected chi connectivity index (χ4v) is 2.23. The van der Waals surface area contributed by atoms with E-state index in [-0.39, 0.29) is 0 Å². The summed E-state index contributed by atoms with van der Waals surface area (Å²) in [7, 11) is 0. The van der Waals surface area contributed by atoms with Crippen LogP contribution in [-0.2, 0) is 6.61 Å². The van der Waals surface area contributed by atoms with E-state index in [1.54, 1.807) is 16.1 Å². The third kappa shape index (κ3) is 1.70. The van der Waals surface area contributed by atoms with Gasteiger partial charge in [-0.15, -0.1) is 11.3 Å². The second-order valence-electron chi connectivity index (χ2n) is 3.48. The second kappa shape index (κ2) is 4.02. The fourth-order valence-electron chi connectivity index (χ4n) is 1.62. The number of hydrogen-bond donors (Lipinski definition) is 0. The van der Waals surface area contributed by atoms with Crippen LogP contribution < -0.4 is 4.84 Å². The van der Waals surface area contributed by atoms with E-state index in [0.717, 1.165) is 10.9 Å². The van der Waals surface area contributed by atoms with Gasteiger partial charge in [-0.2, -0.15) is 4.73 Å². The Kier molecular flexibility index (Phi) is 2.38. The largest absolute Gasteiger partial charge is 0.408 e. The van der Waals surface area contributed by atoms with Crippen molar-refractivity contribution in [2.24, 2.45) is 0 Å². The van der Waals surface area contributed by atoms with Crippen molar-refractivity contribution in [2.75, 3.05) is 0 Å². The molecule has 0 aliphatic rings. The molecule has 0 saturated heterocycles. The van der Waals surface area contributed by atoms with Gasteiger partial charge in [0.1, 0.15) is 12.8 Å². The molecule has 0 atom stereocenters. The van der Waals surface area contributed by atoms with Crippen LogP contribution in [0.5, 0.6) is 0 Å². The summed E-state index contributed by atoms with van der Waals surface area (Å²) in [5, 5.41) is 3.20. The van der Waals surface area contributed by atoms with Gasteiger partial charge in [-0.25, -0.2) is 0 Å². The van der Waals surface area contributed by atoms with Crippen LogP contribution in [-0.4, -0.2) is 4.73 Å². The van der Waals surface area contributed by atoms with Crippen molar-refractivity contribution < 1.29 is 4.84 Å². The highest BCUT2D eigenvalue weighted by Crippen LogP contribution is 2.14. The number of fused-ring (bicyclic) bond motifs is 1. The topological polar surface area (TPSA) is 14.2 Å². The van der Waals surface area contributed by atoms with Crippen molar-refractivity contribution in [3.8, 4) is 0 Å². The van der Waals surface area contributed by atoms with Crippen LogP contribution in [0.1, 0.15) is 4.88 Å². The monoisotopic (exact) mass is 228 g/mol. The first-order valence-corrected chi connectivity index (χ1v) is 5.95. The molecule has 0 aliphatic heterocycles. The minimum atomic E-state index is 0.590. The van der Waals surface area contributed by atoms with Crippen molar-refractivity contribution in [2.45, 2.75) is 6.61 Å². The van der Waals surface area contributed by atoms with Crippen LogP contribution in [0.3, 0.4) is 0 Å². The van der Waals surface area contributed by atoms with E-state index < -0.39 is 0 Å². The molecule has 0 bridgehead atoms. The second-order valence-corrected chi connectivity index (χ2v) is 4.51. The molecule has 16 heavy (non-hydrogen) atoms.